The van der Waals surface area contributed by atoms with Crippen LogP contribution in [0.3, 0.4) is 0 Å². The zero-order valence-electron chi connectivity index (χ0n) is 11.8. The van der Waals surface area contributed by atoms with Crippen LogP contribution in [0, 0.1) is 5.92 Å². The molecule has 1 aliphatic heterocycles. The van der Waals surface area contributed by atoms with Crippen LogP contribution < -0.4 is 5.73 Å². The van der Waals surface area contributed by atoms with Gasteiger partial charge in [0.25, 0.3) is 0 Å². The van der Waals surface area contributed by atoms with E-state index in [4.69, 9.17) is 10.2 Å². The number of hydrogen-bond donors (Lipinski definition) is 1. The Balaban J connectivity index is 1.92. The van der Waals surface area contributed by atoms with Crippen LogP contribution in [0.25, 0.3) is 0 Å². The lowest BCUT2D eigenvalue weighted by Gasteiger charge is -2.38. The zero-order valence-corrected chi connectivity index (χ0v) is 13.4. The maximum absolute atomic E-state index is 5.93. The fraction of sp³-hybridized carbons (Fsp3) is 0.714. The molecule has 1 atom stereocenters. The summed E-state index contributed by atoms with van der Waals surface area (Å²) in [6.45, 7) is 10.7. The topological polar surface area (TPSA) is 45.6 Å². The van der Waals surface area contributed by atoms with Crippen LogP contribution >= 0.6 is 15.9 Å². The minimum Gasteiger partial charge on any atom is -0.453 e. The quantitative estimate of drug-likeness (QED) is 0.900. The van der Waals surface area contributed by atoms with Crippen LogP contribution in [0.1, 0.15) is 25.6 Å². The minimum atomic E-state index is 0.201. The number of rotatable bonds is 5. The molecule has 1 aliphatic rings. The second kappa shape index (κ2) is 6.88. The number of nitrogens with zero attached hydrogens (tertiary/aromatic N) is 2. The van der Waals surface area contributed by atoms with Crippen molar-refractivity contribution in [2.24, 2.45) is 11.7 Å². The fourth-order valence-corrected chi connectivity index (χ4v) is 3.05. The Morgan fingerprint density at radius 1 is 1.26 bits per heavy atom. The SMILES string of the molecule is CC(C)CN1CCN(C(CN)c2ccc(Br)o2)CC1. The van der Waals surface area contributed by atoms with E-state index < -0.39 is 0 Å². The predicted molar refractivity (Wildman–Crippen MR) is 81.1 cm³/mol. The Bertz CT molecular complexity index is 386. The van der Waals surface area contributed by atoms with Gasteiger partial charge in [0.2, 0.25) is 0 Å². The van der Waals surface area contributed by atoms with Crippen LogP contribution in [0.4, 0.5) is 0 Å². The van der Waals surface area contributed by atoms with Gasteiger partial charge in [0, 0.05) is 39.3 Å². The molecule has 1 unspecified atom stereocenters. The first-order valence-electron chi connectivity index (χ1n) is 7.02. The molecule has 0 saturated carbocycles. The van der Waals surface area contributed by atoms with Crippen LogP contribution in [0.15, 0.2) is 21.2 Å². The average Bonchev–Trinajstić information content (AvgIpc) is 2.78. The maximum atomic E-state index is 5.93. The molecular formula is C14H24BrN3O. The summed E-state index contributed by atoms with van der Waals surface area (Å²) < 4.78 is 6.44. The molecule has 0 radical (unpaired) electrons. The minimum absolute atomic E-state index is 0.201. The lowest BCUT2D eigenvalue weighted by Crippen LogP contribution is -2.49. The van der Waals surface area contributed by atoms with Crippen molar-refractivity contribution in [3.8, 4) is 0 Å². The van der Waals surface area contributed by atoms with Gasteiger partial charge in [-0.25, -0.2) is 0 Å². The van der Waals surface area contributed by atoms with Crippen molar-refractivity contribution in [1.82, 2.24) is 9.80 Å². The van der Waals surface area contributed by atoms with E-state index in [0.29, 0.717) is 6.54 Å². The number of nitrogens with two attached hydrogens (primary N) is 1. The van der Waals surface area contributed by atoms with Gasteiger partial charge in [0.15, 0.2) is 4.67 Å². The third kappa shape index (κ3) is 4.05. The second-order valence-corrected chi connectivity index (χ2v) is 6.41. The molecule has 2 heterocycles. The molecule has 1 aromatic rings. The Morgan fingerprint density at radius 2 is 1.95 bits per heavy atom. The normalized spacial score (nSPS) is 20.1. The summed E-state index contributed by atoms with van der Waals surface area (Å²) in [5.41, 5.74) is 5.93. The monoisotopic (exact) mass is 329 g/mol. The molecule has 1 aromatic heterocycles. The lowest BCUT2D eigenvalue weighted by molar-refractivity contribution is 0.0827. The van der Waals surface area contributed by atoms with Gasteiger partial charge in [-0.1, -0.05) is 13.8 Å². The van der Waals surface area contributed by atoms with E-state index in [-0.39, 0.29) is 6.04 Å². The van der Waals surface area contributed by atoms with E-state index in [1.807, 2.05) is 12.1 Å². The summed E-state index contributed by atoms with van der Waals surface area (Å²) in [6.07, 6.45) is 0. The predicted octanol–water partition coefficient (Wildman–Crippen LogP) is 2.32. The van der Waals surface area contributed by atoms with Crippen molar-refractivity contribution in [1.29, 1.82) is 0 Å². The summed E-state index contributed by atoms with van der Waals surface area (Å²) in [5, 5.41) is 0. The average molecular weight is 330 g/mol. The highest BCUT2D eigenvalue weighted by Gasteiger charge is 2.26. The van der Waals surface area contributed by atoms with Crippen LogP contribution in [0.5, 0.6) is 0 Å². The Kier molecular flexibility index (Phi) is 5.45. The molecule has 5 heteroatoms. The van der Waals surface area contributed by atoms with Crippen molar-refractivity contribution in [3.63, 3.8) is 0 Å². The molecule has 2 N–H and O–H groups in total. The van der Waals surface area contributed by atoms with Gasteiger partial charge >= 0.3 is 0 Å². The summed E-state index contributed by atoms with van der Waals surface area (Å²) in [7, 11) is 0. The number of furan rings is 1. The van der Waals surface area contributed by atoms with Gasteiger partial charge in [0.05, 0.1) is 6.04 Å². The Labute approximate surface area is 124 Å². The fourth-order valence-electron chi connectivity index (χ4n) is 2.73. The first-order chi connectivity index (χ1) is 9.10. The van der Waals surface area contributed by atoms with Gasteiger partial charge in [-0.2, -0.15) is 0 Å². The third-order valence-electron chi connectivity index (χ3n) is 3.62. The largest absolute Gasteiger partial charge is 0.453 e. The van der Waals surface area contributed by atoms with Crippen molar-refractivity contribution in [2.45, 2.75) is 19.9 Å². The summed E-state index contributed by atoms with van der Waals surface area (Å²) in [5.74, 6) is 1.70. The first-order valence-corrected chi connectivity index (χ1v) is 7.81. The Hall–Kier alpha value is -0.360. The molecule has 19 heavy (non-hydrogen) atoms. The summed E-state index contributed by atoms with van der Waals surface area (Å²) in [6, 6.07) is 4.15. The van der Waals surface area contributed by atoms with Gasteiger partial charge in [0.1, 0.15) is 5.76 Å². The zero-order chi connectivity index (χ0) is 13.8. The highest BCUT2D eigenvalue weighted by Crippen LogP contribution is 2.25. The standard InChI is InChI=1S/C14H24BrN3O/c1-11(2)10-17-5-7-18(8-6-17)12(9-16)13-3-4-14(15)19-13/h3-4,11-12H,5-10,16H2,1-2H3. The molecule has 0 bridgehead atoms. The molecule has 0 aliphatic carbocycles. The molecule has 2 rings (SSSR count). The van der Waals surface area contributed by atoms with Crippen LogP contribution in [0.2, 0.25) is 0 Å². The molecule has 0 aromatic carbocycles. The highest BCUT2D eigenvalue weighted by molar-refractivity contribution is 9.10. The smallest absolute Gasteiger partial charge is 0.169 e. The Morgan fingerprint density at radius 3 is 2.42 bits per heavy atom. The van der Waals surface area contributed by atoms with E-state index in [1.54, 1.807) is 0 Å². The van der Waals surface area contributed by atoms with Gasteiger partial charge in [-0.05, 0) is 34.0 Å². The second-order valence-electron chi connectivity index (χ2n) is 5.62. The molecule has 108 valence electrons. The van der Waals surface area contributed by atoms with Gasteiger partial charge < -0.3 is 15.1 Å². The third-order valence-corrected chi connectivity index (χ3v) is 4.04. The van der Waals surface area contributed by atoms with E-state index in [9.17, 15) is 0 Å². The summed E-state index contributed by atoms with van der Waals surface area (Å²) >= 11 is 3.36. The van der Waals surface area contributed by atoms with Crippen molar-refractivity contribution in [2.75, 3.05) is 39.3 Å². The van der Waals surface area contributed by atoms with Crippen molar-refractivity contribution < 1.29 is 4.42 Å². The number of piperazine rings is 1. The molecule has 0 amide bonds. The van der Waals surface area contributed by atoms with E-state index in [2.05, 4.69) is 39.6 Å². The highest BCUT2D eigenvalue weighted by atomic mass is 79.9. The van der Waals surface area contributed by atoms with Gasteiger partial charge in [-0.3, -0.25) is 4.90 Å². The molecular weight excluding hydrogens is 306 g/mol. The number of halogens is 1. The first kappa shape index (κ1) is 15.0. The van der Waals surface area contributed by atoms with E-state index in [1.165, 1.54) is 6.54 Å². The van der Waals surface area contributed by atoms with E-state index in [0.717, 1.165) is 42.5 Å². The van der Waals surface area contributed by atoms with Gasteiger partial charge in [-0.15, -0.1) is 0 Å². The van der Waals surface area contributed by atoms with Crippen molar-refractivity contribution >= 4 is 15.9 Å². The maximum Gasteiger partial charge on any atom is 0.169 e. The number of hydrogen-bond acceptors (Lipinski definition) is 4. The molecule has 1 fully saturated rings. The van der Waals surface area contributed by atoms with Crippen molar-refractivity contribution in [3.05, 3.63) is 22.6 Å². The van der Waals surface area contributed by atoms with Crippen LogP contribution in [-0.2, 0) is 0 Å². The molecule has 0 spiro atoms. The lowest BCUT2D eigenvalue weighted by atomic mass is 10.1. The molecule has 1 saturated heterocycles. The van der Waals surface area contributed by atoms with Crippen LogP contribution in [-0.4, -0.2) is 49.1 Å². The summed E-state index contributed by atoms with van der Waals surface area (Å²) in [4.78, 5) is 4.97. The molecule has 4 nitrogen and oxygen atoms in total. The van der Waals surface area contributed by atoms with E-state index >= 15 is 0 Å².